The molecule has 0 aromatic heterocycles. The molecular weight excluding hydrogens is 500 g/mol. The Labute approximate surface area is 235 Å². The van der Waals surface area contributed by atoms with Crippen molar-refractivity contribution in [3.8, 4) is 0 Å². The second-order valence-corrected chi connectivity index (χ2v) is 11.3. The zero-order valence-electron chi connectivity index (χ0n) is 22.8. The Kier molecular flexibility index (Phi) is 8.51. The molecular formula is C35H38O5. The Hall–Kier alpha value is -3.70. The summed E-state index contributed by atoms with van der Waals surface area (Å²) in [4.78, 5) is 26.8. The van der Waals surface area contributed by atoms with Crippen LogP contribution in [0, 0.1) is 5.92 Å². The van der Waals surface area contributed by atoms with E-state index in [4.69, 9.17) is 0 Å². The molecule has 1 aliphatic rings. The summed E-state index contributed by atoms with van der Waals surface area (Å²) in [6.07, 6.45) is 8.18. The standard InChI is InChI=1S/C35H38O5/c36-33(37)31(29-22-12-16-24-14-8-10-20-27(24)29)35(40,26-18-6-4-2-1-3-5-7-19-26)32(34(38)39)30-23-13-17-25-15-9-11-21-28(25)30/h8-17,20-23,26,31-32,40H,1-7,18-19H2,(H,36,37)(H,38,39). The second kappa shape index (κ2) is 12.2. The molecule has 0 saturated heterocycles. The van der Waals surface area contributed by atoms with Crippen LogP contribution in [-0.4, -0.2) is 32.9 Å². The van der Waals surface area contributed by atoms with Crippen molar-refractivity contribution < 1.29 is 24.9 Å². The Morgan fingerprint density at radius 3 is 1.38 bits per heavy atom. The normalized spacial score (nSPS) is 18.5. The highest BCUT2D eigenvalue weighted by Crippen LogP contribution is 2.51. The number of hydrogen-bond acceptors (Lipinski definition) is 3. The highest BCUT2D eigenvalue weighted by Gasteiger charge is 2.56. The fourth-order valence-corrected chi connectivity index (χ4v) is 7.07. The molecule has 1 fully saturated rings. The molecule has 4 aromatic carbocycles. The van der Waals surface area contributed by atoms with Gasteiger partial charge in [-0.1, -0.05) is 130 Å². The largest absolute Gasteiger partial charge is 0.481 e. The van der Waals surface area contributed by atoms with Gasteiger partial charge in [-0.2, -0.15) is 0 Å². The predicted octanol–water partition coefficient (Wildman–Crippen LogP) is 7.90. The first kappa shape index (κ1) is 27.9. The van der Waals surface area contributed by atoms with E-state index >= 15 is 0 Å². The third kappa shape index (κ3) is 5.35. The molecule has 0 aliphatic heterocycles. The van der Waals surface area contributed by atoms with Crippen LogP contribution in [0.4, 0.5) is 0 Å². The molecule has 0 radical (unpaired) electrons. The van der Waals surface area contributed by atoms with Crippen LogP contribution in [0.5, 0.6) is 0 Å². The van der Waals surface area contributed by atoms with E-state index in [1.54, 1.807) is 24.3 Å². The van der Waals surface area contributed by atoms with Gasteiger partial charge in [0.05, 0.1) is 0 Å². The minimum absolute atomic E-state index is 0.455. The molecule has 2 unspecified atom stereocenters. The minimum Gasteiger partial charge on any atom is -0.481 e. The Morgan fingerprint density at radius 2 is 0.950 bits per heavy atom. The average Bonchev–Trinajstić information content (AvgIpc) is 2.96. The smallest absolute Gasteiger partial charge is 0.314 e. The van der Waals surface area contributed by atoms with E-state index in [-0.39, 0.29) is 0 Å². The third-order valence-electron chi connectivity index (χ3n) is 8.95. The zero-order chi connectivity index (χ0) is 28.1. The van der Waals surface area contributed by atoms with Crippen LogP contribution in [-0.2, 0) is 9.59 Å². The molecule has 5 rings (SSSR count). The van der Waals surface area contributed by atoms with Crippen molar-refractivity contribution in [2.45, 2.75) is 75.2 Å². The first-order chi connectivity index (χ1) is 19.4. The number of aliphatic hydroxyl groups is 1. The molecule has 4 aromatic rings. The lowest BCUT2D eigenvalue weighted by molar-refractivity contribution is -0.162. The van der Waals surface area contributed by atoms with Crippen molar-refractivity contribution in [2.75, 3.05) is 0 Å². The summed E-state index contributed by atoms with van der Waals surface area (Å²) in [6.45, 7) is 0. The molecule has 0 bridgehead atoms. The molecule has 40 heavy (non-hydrogen) atoms. The third-order valence-corrected chi connectivity index (χ3v) is 8.95. The summed E-state index contributed by atoms with van der Waals surface area (Å²) >= 11 is 0. The van der Waals surface area contributed by atoms with Crippen molar-refractivity contribution in [1.29, 1.82) is 0 Å². The first-order valence-corrected chi connectivity index (χ1v) is 14.6. The first-order valence-electron chi connectivity index (χ1n) is 14.6. The van der Waals surface area contributed by atoms with Crippen molar-refractivity contribution in [3.63, 3.8) is 0 Å². The zero-order valence-corrected chi connectivity index (χ0v) is 22.8. The summed E-state index contributed by atoms with van der Waals surface area (Å²) in [5, 5.41) is 38.1. The molecule has 1 saturated carbocycles. The van der Waals surface area contributed by atoms with Crippen LogP contribution in [0.2, 0.25) is 0 Å². The van der Waals surface area contributed by atoms with Crippen LogP contribution < -0.4 is 0 Å². The lowest BCUT2D eigenvalue weighted by Crippen LogP contribution is -2.54. The van der Waals surface area contributed by atoms with Gasteiger partial charge >= 0.3 is 11.9 Å². The average molecular weight is 539 g/mol. The maximum atomic E-state index is 13.4. The Bertz CT molecular complexity index is 1370. The topological polar surface area (TPSA) is 94.8 Å². The van der Waals surface area contributed by atoms with Gasteiger partial charge in [0, 0.05) is 0 Å². The molecule has 1 aliphatic carbocycles. The molecule has 0 spiro atoms. The number of aliphatic carboxylic acids is 2. The van der Waals surface area contributed by atoms with Crippen LogP contribution in [0.25, 0.3) is 21.5 Å². The lowest BCUT2D eigenvalue weighted by atomic mass is 9.61. The number of carbonyl (C=O) groups is 2. The number of fused-ring (bicyclic) bond motifs is 2. The molecule has 3 N–H and O–H groups in total. The number of rotatable bonds is 7. The van der Waals surface area contributed by atoms with Gasteiger partial charge in [0.2, 0.25) is 0 Å². The maximum absolute atomic E-state index is 13.4. The van der Waals surface area contributed by atoms with Crippen molar-refractivity contribution in [1.82, 2.24) is 0 Å². The van der Waals surface area contributed by atoms with E-state index in [1.807, 2.05) is 60.7 Å². The van der Waals surface area contributed by atoms with Crippen LogP contribution in [0.1, 0.15) is 80.8 Å². The number of carboxylic acid groups (broad SMARTS) is 2. The van der Waals surface area contributed by atoms with E-state index < -0.39 is 35.3 Å². The monoisotopic (exact) mass is 538 g/mol. The highest BCUT2D eigenvalue weighted by atomic mass is 16.4. The van der Waals surface area contributed by atoms with Crippen LogP contribution in [0.3, 0.4) is 0 Å². The lowest BCUT2D eigenvalue weighted by Gasteiger charge is -2.45. The van der Waals surface area contributed by atoms with Crippen molar-refractivity contribution >= 4 is 33.5 Å². The molecule has 5 heteroatoms. The van der Waals surface area contributed by atoms with Gasteiger partial charge in [0.15, 0.2) is 0 Å². The second-order valence-electron chi connectivity index (χ2n) is 11.3. The maximum Gasteiger partial charge on any atom is 0.314 e. The fourth-order valence-electron chi connectivity index (χ4n) is 7.07. The van der Waals surface area contributed by atoms with E-state index in [9.17, 15) is 24.9 Å². The Morgan fingerprint density at radius 1 is 0.575 bits per heavy atom. The minimum atomic E-state index is -2.08. The summed E-state index contributed by atoms with van der Waals surface area (Å²) < 4.78 is 0. The van der Waals surface area contributed by atoms with E-state index in [0.717, 1.165) is 60.1 Å². The molecule has 2 atom stereocenters. The molecule has 208 valence electrons. The van der Waals surface area contributed by atoms with Gasteiger partial charge in [-0.25, -0.2) is 0 Å². The number of hydrogen-bond donors (Lipinski definition) is 3. The van der Waals surface area contributed by atoms with Gasteiger partial charge in [-0.15, -0.1) is 0 Å². The summed E-state index contributed by atoms with van der Waals surface area (Å²) in [6, 6.07) is 26.0. The van der Waals surface area contributed by atoms with Gasteiger partial charge < -0.3 is 15.3 Å². The molecule has 5 nitrogen and oxygen atoms in total. The highest BCUT2D eigenvalue weighted by molar-refractivity contribution is 5.95. The quantitative estimate of drug-likeness (QED) is 0.222. The number of carboxylic acids is 2. The van der Waals surface area contributed by atoms with Crippen LogP contribution >= 0.6 is 0 Å². The van der Waals surface area contributed by atoms with Crippen molar-refractivity contribution in [3.05, 3.63) is 96.1 Å². The van der Waals surface area contributed by atoms with E-state index in [1.165, 1.54) is 6.42 Å². The van der Waals surface area contributed by atoms with Gasteiger partial charge in [0.1, 0.15) is 17.4 Å². The van der Waals surface area contributed by atoms with Gasteiger partial charge in [-0.3, -0.25) is 9.59 Å². The molecule has 0 amide bonds. The van der Waals surface area contributed by atoms with E-state index in [2.05, 4.69) is 0 Å². The summed E-state index contributed by atoms with van der Waals surface area (Å²) in [5.74, 6) is -5.80. The SMILES string of the molecule is O=C(O)C(c1cccc2ccccc12)C(O)(C1CCCCCCCCC1)C(C(=O)O)c1cccc2ccccc12. The predicted molar refractivity (Wildman–Crippen MR) is 159 cm³/mol. The molecule has 0 heterocycles. The fraction of sp³-hybridized carbons (Fsp3) is 0.371. The van der Waals surface area contributed by atoms with Gasteiger partial charge in [0.25, 0.3) is 0 Å². The summed E-state index contributed by atoms with van der Waals surface area (Å²) in [5.41, 5.74) is -1.17. The van der Waals surface area contributed by atoms with Crippen molar-refractivity contribution in [2.24, 2.45) is 5.92 Å². The van der Waals surface area contributed by atoms with Gasteiger partial charge in [-0.05, 0) is 51.4 Å². The Balaban J connectivity index is 1.78. The summed E-state index contributed by atoms with van der Waals surface area (Å²) in [7, 11) is 0. The number of benzene rings is 4. The van der Waals surface area contributed by atoms with Crippen LogP contribution in [0.15, 0.2) is 84.9 Å². The van der Waals surface area contributed by atoms with E-state index in [0.29, 0.717) is 24.0 Å².